The highest BCUT2D eigenvalue weighted by atomic mass is 16.5. The van der Waals surface area contributed by atoms with Crippen LogP contribution in [0.4, 0.5) is 0 Å². The highest BCUT2D eigenvalue weighted by Crippen LogP contribution is 2.50. The predicted molar refractivity (Wildman–Crippen MR) is 105 cm³/mol. The average molecular weight is 386 g/mol. The van der Waals surface area contributed by atoms with Gasteiger partial charge in [-0.25, -0.2) is 0 Å². The Hall–Kier alpha value is -2.73. The minimum absolute atomic E-state index is 0.00139. The summed E-state index contributed by atoms with van der Waals surface area (Å²) in [6.45, 7) is 5.81. The van der Waals surface area contributed by atoms with E-state index in [2.05, 4.69) is 13.5 Å². The molecule has 2 aliphatic rings. The Morgan fingerprint density at radius 2 is 1.79 bits per heavy atom. The number of carbonyl (C=O) groups excluding carboxylic acids is 1. The summed E-state index contributed by atoms with van der Waals surface area (Å²) in [5.41, 5.74) is 0.794. The van der Waals surface area contributed by atoms with E-state index in [0.717, 1.165) is 11.1 Å². The third-order valence-corrected chi connectivity index (χ3v) is 5.38. The third-order valence-electron chi connectivity index (χ3n) is 5.38. The van der Waals surface area contributed by atoms with Crippen LogP contribution in [0.1, 0.15) is 25.0 Å². The maximum Gasteiger partial charge on any atom is 0.203 e. The monoisotopic (exact) mass is 386 g/mol. The summed E-state index contributed by atoms with van der Waals surface area (Å²) in [7, 11) is 6.25. The molecule has 0 bridgehead atoms. The number of ether oxygens (including phenoxy) is 5. The first-order valence-electron chi connectivity index (χ1n) is 9.06. The first-order valence-corrected chi connectivity index (χ1v) is 9.06. The van der Waals surface area contributed by atoms with Crippen molar-refractivity contribution >= 4 is 5.78 Å². The van der Waals surface area contributed by atoms with Crippen molar-refractivity contribution in [3.05, 3.63) is 53.8 Å². The van der Waals surface area contributed by atoms with Crippen LogP contribution in [0.5, 0.6) is 17.2 Å². The van der Waals surface area contributed by atoms with E-state index in [0.29, 0.717) is 29.4 Å². The Morgan fingerprint density at radius 3 is 2.29 bits per heavy atom. The van der Waals surface area contributed by atoms with Gasteiger partial charge in [0.1, 0.15) is 11.9 Å². The number of allylic oxidation sites excluding steroid dienone is 1. The van der Waals surface area contributed by atoms with E-state index in [1.54, 1.807) is 27.4 Å². The van der Waals surface area contributed by atoms with Crippen molar-refractivity contribution in [3.8, 4) is 17.2 Å². The second kappa shape index (κ2) is 7.72. The molecule has 150 valence electrons. The Morgan fingerprint density at radius 1 is 1.14 bits per heavy atom. The van der Waals surface area contributed by atoms with Crippen LogP contribution in [0.2, 0.25) is 0 Å². The molecular weight excluding hydrogens is 360 g/mol. The zero-order valence-corrected chi connectivity index (χ0v) is 16.9. The Bertz CT molecular complexity index is 828. The molecule has 1 aliphatic carbocycles. The van der Waals surface area contributed by atoms with Crippen LogP contribution >= 0.6 is 0 Å². The first kappa shape index (κ1) is 20.0. The maximum absolute atomic E-state index is 12.7. The lowest BCUT2D eigenvalue weighted by molar-refractivity contribution is -0.130. The summed E-state index contributed by atoms with van der Waals surface area (Å²) in [5.74, 6) is 2.06. The molecule has 1 aromatic rings. The quantitative estimate of drug-likeness (QED) is 0.665. The molecule has 1 fully saturated rings. The van der Waals surface area contributed by atoms with Crippen LogP contribution < -0.4 is 14.2 Å². The molecule has 3 atom stereocenters. The van der Waals surface area contributed by atoms with Crippen molar-refractivity contribution in [3.63, 3.8) is 0 Å². The largest absolute Gasteiger partial charge is 0.493 e. The zero-order valence-electron chi connectivity index (χ0n) is 16.9. The van der Waals surface area contributed by atoms with Gasteiger partial charge in [0.25, 0.3) is 0 Å². The van der Waals surface area contributed by atoms with Crippen molar-refractivity contribution in [2.45, 2.75) is 25.0 Å². The summed E-state index contributed by atoms with van der Waals surface area (Å²) >= 11 is 0. The molecule has 0 amide bonds. The van der Waals surface area contributed by atoms with Crippen LogP contribution in [0.25, 0.3) is 0 Å². The molecule has 0 unspecified atom stereocenters. The summed E-state index contributed by atoms with van der Waals surface area (Å²) in [5, 5.41) is 0. The molecule has 1 saturated heterocycles. The van der Waals surface area contributed by atoms with Gasteiger partial charge >= 0.3 is 0 Å². The highest BCUT2D eigenvalue weighted by molar-refractivity contribution is 6.01. The summed E-state index contributed by atoms with van der Waals surface area (Å²) in [6, 6.07) is 3.74. The topological polar surface area (TPSA) is 63.2 Å². The molecule has 0 radical (unpaired) electrons. The van der Waals surface area contributed by atoms with E-state index >= 15 is 0 Å². The lowest BCUT2D eigenvalue weighted by Gasteiger charge is -2.29. The molecule has 0 spiro atoms. The van der Waals surface area contributed by atoms with Gasteiger partial charge in [-0.05, 0) is 18.2 Å². The standard InChI is InChI=1S/C22H26O6/c1-7-8-22(27-6)12-15-13(2)20(28-16(15)11-19(22)23)14-9-17(24-3)21(26-5)18(10-14)25-4/h7,9-13,20H,1,8H2,2-6H3/t13-,20+,22+/m1/s1. The van der Waals surface area contributed by atoms with E-state index in [-0.39, 0.29) is 17.8 Å². The minimum Gasteiger partial charge on any atom is -0.493 e. The van der Waals surface area contributed by atoms with E-state index < -0.39 is 5.60 Å². The molecule has 0 aromatic heterocycles. The zero-order chi connectivity index (χ0) is 20.5. The average Bonchev–Trinajstić information content (AvgIpc) is 3.02. The van der Waals surface area contributed by atoms with Gasteiger partial charge in [-0.3, -0.25) is 4.79 Å². The van der Waals surface area contributed by atoms with Crippen molar-refractivity contribution in [2.24, 2.45) is 5.92 Å². The van der Waals surface area contributed by atoms with Crippen LogP contribution in [-0.4, -0.2) is 39.8 Å². The van der Waals surface area contributed by atoms with Gasteiger partial charge in [-0.2, -0.15) is 0 Å². The normalized spacial score (nSPS) is 26.0. The van der Waals surface area contributed by atoms with Gasteiger partial charge in [0.15, 0.2) is 22.9 Å². The number of hydrogen-bond acceptors (Lipinski definition) is 6. The van der Waals surface area contributed by atoms with Crippen molar-refractivity contribution in [1.29, 1.82) is 0 Å². The van der Waals surface area contributed by atoms with Crippen molar-refractivity contribution in [1.82, 2.24) is 0 Å². The van der Waals surface area contributed by atoms with Crippen molar-refractivity contribution in [2.75, 3.05) is 28.4 Å². The van der Waals surface area contributed by atoms with Crippen LogP contribution in [0, 0.1) is 5.92 Å². The molecule has 0 N–H and O–H groups in total. The Kier molecular flexibility index (Phi) is 5.52. The number of fused-ring (bicyclic) bond motifs is 1. The minimum atomic E-state index is -1.03. The summed E-state index contributed by atoms with van der Waals surface area (Å²) < 4.78 is 28.1. The first-order chi connectivity index (χ1) is 13.4. The van der Waals surface area contributed by atoms with Crippen LogP contribution in [0.15, 0.2) is 48.3 Å². The second-order valence-corrected chi connectivity index (χ2v) is 6.84. The van der Waals surface area contributed by atoms with Gasteiger partial charge in [0.05, 0.1) is 21.3 Å². The van der Waals surface area contributed by atoms with Gasteiger partial charge in [0, 0.05) is 36.7 Å². The summed E-state index contributed by atoms with van der Waals surface area (Å²) in [6.07, 6.45) is 5.19. The molecule has 0 saturated carbocycles. The van der Waals surface area contributed by atoms with Crippen LogP contribution in [0.3, 0.4) is 0 Å². The molecule has 1 aliphatic heterocycles. The van der Waals surface area contributed by atoms with Gasteiger partial charge in [-0.15, -0.1) is 6.58 Å². The predicted octanol–water partition coefficient (Wildman–Crippen LogP) is 3.77. The van der Waals surface area contributed by atoms with Gasteiger partial charge in [0.2, 0.25) is 5.75 Å². The SMILES string of the molecule is C=CC[C@]1(OC)C=C2C(=CC1=O)O[C@H](c1cc(OC)c(OC)c(OC)c1)[C@@H]2C. The molecule has 3 rings (SSSR count). The third kappa shape index (κ3) is 3.07. The summed E-state index contributed by atoms with van der Waals surface area (Å²) in [4.78, 5) is 12.7. The highest BCUT2D eigenvalue weighted by Gasteiger charge is 2.45. The second-order valence-electron chi connectivity index (χ2n) is 6.84. The van der Waals surface area contributed by atoms with Crippen LogP contribution in [-0.2, 0) is 14.3 Å². The van der Waals surface area contributed by atoms with Gasteiger partial charge < -0.3 is 23.7 Å². The fourth-order valence-corrected chi connectivity index (χ4v) is 3.82. The van der Waals surface area contributed by atoms with Gasteiger partial charge in [-0.1, -0.05) is 13.0 Å². The van der Waals surface area contributed by atoms with E-state index in [1.807, 2.05) is 18.2 Å². The number of carbonyl (C=O) groups is 1. The Balaban J connectivity index is 2.04. The lowest BCUT2D eigenvalue weighted by atomic mass is 9.82. The van der Waals surface area contributed by atoms with E-state index in [9.17, 15) is 4.79 Å². The lowest BCUT2D eigenvalue weighted by Crippen LogP contribution is -2.39. The molecule has 6 nitrogen and oxygen atoms in total. The number of benzene rings is 1. The number of ketones is 1. The molecule has 1 aromatic carbocycles. The molecule has 1 heterocycles. The Labute approximate surface area is 165 Å². The number of hydrogen-bond donors (Lipinski definition) is 0. The van der Waals surface area contributed by atoms with E-state index in [1.165, 1.54) is 13.2 Å². The fourth-order valence-electron chi connectivity index (χ4n) is 3.82. The number of rotatable bonds is 7. The fraction of sp³-hybridized carbons (Fsp3) is 0.409. The smallest absolute Gasteiger partial charge is 0.203 e. The number of methoxy groups -OCH3 is 4. The molecule has 28 heavy (non-hydrogen) atoms. The van der Waals surface area contributed by atoms with E-state index in [4.69, 9.17) is 23.7 Å². The molecular formula is C22H26O6. The maximum atomic E-state index is 12.7. The van der Waals surface area contributed by atoms with Crippen molar-refractivity contribution < 1.29 is 28.5 Å². The molecule has 6 heteroatoms.